The second-order valence-corrected chi connectivity index (χ2v) is 5.26. The second-order valence-electron chi connectivity index (χ2n) is 4.82. The van der Waals surface area contributed by atoms with Crippen molar-refractivity contribution in [3.63, 3.8) is 0 Å². The maximum absolute atomic E-state index is 11.7. The van der Waals surface area contributed by atoms with E-state index < -0.39 is 11.3 Å². The molecule has 2 amide bonds. The molecule has 0 aliphatic rings. The van der Waals surface area contributed by atoms with Crippen LogP contribution in [0, 0.1) is 5.41 Å². The number of aromatic hydroxyl groups is 1. The summed E-state index contributed by atoms with van der Waals surface area (Å²) in [5.41, 5.74) is 3.87. The summed E-state index contributed by atoms with van der Waals surface area (Å²) in [7, 11) is 0. The van der Waals surface area contributed by atoms with Crippen LogP contribution >= 0.6 is 11.6 Å². The van der Waals surface area contributed by atoms with Crippen molar-refractivity contribution in [3.05, 3.63) is 28.8 Å². The molecule has 0 saturated carbocycles. The van der Waals surface area contributed by atoms with Gasteiger partial charge in [-0.25, -0.2) is 0 Å². The zero-order valence-electron chi connectivity index (χ0n) is 10.4. The van der Waals surface area contributed by atoms with Crippen LogP contribution in [0.5, 0.6) is 5.75 Å². The van der Waals surface area contributed by atoms with Gasteiger partial charge in [0.1, 0.15) is 5.75 Å². The smallest absolute Gasteiger partial charge is 0.273 e. The van der Waals surface area contributed by atoms with Crippen molar-refractivity contribution in [3.8, 4) is 5.75 Å². The van der Waals surface area contributed by atoms with E-state index in [4.69, 9.17) is 11.6 Å². The highest BCUT2D eigenvalue weighted by atomic mass is 35.5. The van der Waals surface area contributed by atoms with Gasteiger partial charge in [-0.05, 0) is 18.2 Å². The number of carbonyl (C=O) groups excluding carboxylic acids is 2. The van der Waals surface area contributed by atoms with E-state index >= 15 is 0 Å². The number of amides is 2. The summed E-state index contributed by atoms with van der Waals surface area (Å²) in [5.74, 6) is -1.17. The van der Waals surface area contributed by atoms with E-state index in [0.29, 0.717) is 5.02 Å². The van der Waals surface area contributed by atoms with Crippen molar-refractivity contribution < 1.29 is 14.7 Å². The van der Waals surface area contributed by atoms with Crippen LogP contribution in [0.4, 0.5) is 0 Å². The van der Waals surface area contributed by atoms with Gasteiger partial charge in [0.25, 0.3) is 5.91 Å². The maximum atomic E-state index is 11.7. The third kappa shape index (κ3) is 3.63. The van der Waals surface area contributed by atoms with Gasteiger partial charge in [-0.2, -0.15) is 0 Å². The predicted octanol–water partition coefficient (Wildman–Crippen LogP) is 1.85. The number of hydrazine groups is 1. The first-order valence-electron chi connectivity index (χ1n) is 5.31. The van der Waals surface area contributed by atoms with Crippen LogP contribution in [-0.4, -0.2) is 16.9 Å². The number of hydrogen-bond acceptors (Lipinski definition) is 3. The van der Waals surface area contributed by atoms with Gasteiger partial charge in [-0.3, -0.25) is 20.4 Å². The molecule has 5 nitrogen and oxygen atoms in total. The first-order chi connectivity index (χ1) is 8.21. The second kappa shape index (κ2) is 5.27. The molecular formula is C12H15ClN2O3. The van der Waals surface area contributed by atoms with Gasteiger partial charge in [-0.15, -0.1) is 0 Å². The number of halogens is 1. The summed E-state index contributed by atoms with van der Waals surface area (Å²) in [5, 5.41) is 9.82. The number of carbonyl (C=O) groups is 2. The molecule has 0 aliphatic heterocycles. The first kappa shape index (κ1) is 14.3. The lowest BCUT2D eigenvalue weighted by atomic mass is 9.96. The Balaban J connectivity index is 2.72. The average molecular weight is 271 g/mol. The Morgan fingerprint density at radius 3 is 2.39 bits per heavy atom. The Bertz CT molecular complexity index is 481. The molecule has 1 aromatic carbocycles. The first-order valence-corrected chi connectivity index (χ1v) is 5.69. The van der Waals surface area contributed by atoms with Gasteiger partial charge in [0.2, 0.25) is 5.91 Å². The third-order valence-corrected chi connectivity index (χ3v) is 2.41. The number of phenolic OH excluding ortho intramolecular Hbond substituents is 1. The zero-order valence-corrected chi connectivity index (χ0v) is 11.1. The summed E-state index contributed by atoms with van der Waals surface area (Å²) in [4.78, 5) is 23.2. The molecule has 0 unspecified atom stereocenters. The molecule has 1 aromatic rings. The molecule has 0 aliphatic carbocycles. The van der Waals surface area contributed by atoms with Crippen LogP contribution in [0.15, 0.2) is 18.2 Å². The maximum Gasteiger partial charge on any atom is 0.273 e. The molecule has 0 aromatic heterocycles. The van der Waals surface area contributed by atoms with E-state index in [1.54, 1.807) is 20.8 Å². The summed E-state index contributed by atoms with van der Waals surface area (Å²) >= 11 is 5.72. The Morgan fingerprint density at radius 2 is 1.83 bits per heavy atom. The fourth-order valence-electron chi connectivity index (χ4n) is 1.06. The Morgan fingerprint density at radius 1 is 1.22 bits per heavy atom. The van der Waals surface area contributed by atoms with Gasteiger partial charge in [0.15, 0.2) is 0 Å². The minimum atomic E-state index is -0.632. The van der Waals surface area contributed by atoms with E-state index in [1.165, 1.54) is 18.2 Å². The van der Waals surface area contributed by atoms with Crippen molar-refractivity contribution in [2.24, 2.45) is 5.41 Å². The van der Waals surface area contributed by atoms with Gasteiger partial charge < -0.3 is 5.11 Å². The Hall–Kier alpha value is -1.75. The molecule has 0 radical (unpaired) electrons. The highest BCUT2D eigenvalue weighted by molar-refractivity contribution is 6.31. The lowest BCUT2D eigenvalue weighted by Gasteiger charge is -2.18. The molecule has 0 saturated heterocycles. The third-order valence-electron chi connectivity index (χ3n) is 2.17. The molecule has 3 N–H and O–H groups in total. The molecule has 6 heteroatoms. The molecule has 0 spiro atoms. The highest BCUT2D eigenvalue weighted by Crippen LogP contribution is 2.21. The molecule has 1 rings (SSSR count). The predicted molar refractivity (Wildman–Crippen MR) is 68.2 cm³/mol. The van der Waals surface area contributed by atoms with Crippen molar-refractivity contribution in [2.75, 3.05) is 0 Å². The molecule has 0 fully saturated rings. The summed E-state index contributed by atoms with van der Waals surface area (Å²) < 4.78 is 0. The van der Waals surface area contributed by atoms with Gasteiger partial charge in [0.05, 0.1) is 5.56 Å². The van der Waals surface area contributed by atoms with Crippen molar-refractivity contribution in [2.45, 2.75) is 20.8 Å². The topological polar surface area (TPSA) is 78.4 Å². The number of rotatable bonds is 1. The lowest BCUT2D eigenvalue weighted by Crippen LogP contribution is -2.46. The van der Waals surface area contributed by atoms with Gasteiger partial charge in [0, 0.05) is 10.4 Å². The average Bonchev–Trinajstić information content (AvgIpc) is 2.27. The highest BCUT2D eigenvalue weighted by Gasteiger charge is 2.22. The number of benzene rings is 1. The van der Waals surface area contributed by atoms with E-state index in [1.807, 2.05) is 0 Å². The van der Waals surface area contributed by atoms with Gasteiger partial charge in [-0.1, -0.05) is 32.4 Å². The molecule has 18 heavy (non-hydrogen) atoms. The standard InChI is InChI=1S/C12H15ClN2O3/c1-12(2,3)11(18)15-14-10(17)8-6-7(13)4-5-9(8)16/h4-6,16H,1-3H3,(H,14,17)(H,15,18). The fourth-order valence-corrected chi connectivity index (χ4v) is 1.23. The van der Waals surface area contributed by atoms with Crippen LogP contribution < -0.4 is 10.9 Å². The molecule has 0 atom stereocenters. The zero-order chi connectivity index (χ0) is 13.9. The largest absolute Gasteiger partial charge is 0.507 e. The molecular weight excluding hydrogens is 256 g/mol. The van der Waals surface area contributed by atoms with Crippen molar-refractivity contribution >= 4 is 23.4 Å². The van der Waals surface area contributed by atoms with E-state index in [9.17, 15) is 14.7 Å². The van der Waals surface area contributed by atoms with Crippen LogP contribution in [0.1, 0.15) is 31.1 Å². The van der Waals surface area contributed by atoms with Crippen LogP contribution in [0.3, 0.4) is 0 Å². The minimum Gasteiger partial charge on any atom is -0.507 e. The van der Waals surface area contributed by atoms with Gasteiger partial charge >= 0.3 is 0 Å². The summed E-state index contributed by atoms with van der Waals surface area (Å²) in [6.45, 7) is 5.14. The van der Waals surface area contributed by atoms with E-state index in [2.05, 4.69) is 10.9 Å². The van der Waals surface area contributed by atoms with Crippen molar-refractivity contribution in [1.29, 1.82) is 0 Å². The Kier molecular flexibility index (Phi) is 4.19. The van der Waals surface area contributed by atoms with E-state index in [0.717, 1.165) is 0 Å². The van der Waals surface area contributed by atoms with Crippen molar-refractivity contribution in [1.82, 2.24) is 10.9 Å². The number of phenols is 1. The fraction of sp³-hybridized carbons (Fsp3) is 0.333. The molecule has 98 valence electrons. The molecule has 0 heterocycles. The minimum absolute atomic E-state index is 0.00305. The monoisotopic (exact) mass is 270 g/mol. The summed E-state index contributed by atoms with van der Waals surface area (Å²) in [6, 6.07) is 4.08. The Labute approximate surface area is 110 Å². The van der Waals surface area contributed by atoms with E-state index in [-0.39, 0.29) is 17.2 Å². The summed E-state index contributed by atoms with van der Waals surface area (Å²) in [6.07, 6.45) is 0. The van der Waals surface area contributed by atoms with Crippen LogP contribution in [-0.2, 0) is 4.79 Å². The lowest BCUT2D eigenvalue weighted by molar-refractivity contribution is -0.129. The normalized spacial score (nSPS) is 10.9. The number of hydrogen-bond donors (Lipinski definition) is 3. The van der Waals surface area contributed by atoms with Crippen LogP contribution in [0.2, 0.25) is 5.02 Å². The quantitative estimate of drug-likeness (QED) is 0.682. The SMILES string of the molecule is CC(C)(C)C(=O)NNC(=O)c1cc(Cl)ccc1O. The molecule has 0 bridgehead atoms. The van der Waals surface area contributed by atoms with Crippen LogP contribution in [0.25, 0.3) is 0 Å². The number of nitrogens with one attached hydrogen (secondary N) is 2.